The zero-order valence-electron chi connectivity index (χ0n) is 25.0. The van der Waals surface area contributed by atoms with Crippen molar-refractivity contribution in [2.24, 2.45) is 45.3 Å². The lowest BCUT2D eigenvalue weighted by atomic mass is 9.35. The Morgan fingerprint density at radius 3 is 2.11 bits per heavy atom. The Bertz CT molecular complexity index is 887. The predicted molar refractivity (Wildman–Crippen MR) is 147 cm³/mol. The zero-order chi connectivity index (χ0) is 26.5. The second kappa shape index (κ2) is 8.31. The molecular formula is C33H56O3. The number of aliphatic hydroxyl groups is 1. The lowest BCUT2D eigenvalue weighted by Crippen LogP contribution is -2.63. The molecule has 1 saturated heterocycles. The van der Waals surface area contributed by atoms with Gasteiger partial charge in [-0.05, 0) is 137 Å². The monoisotopic (exact) mass is 500 g/mol. The lowest BCUT2D eigenvalue weighted by molar-refractivity contribution is -0.220. The number of hydrogen-bond donors (Lipinski definition) is 1. The molecule has 0 radical (unpaired) electrons. The van der Waals surface area contributed by atoms with E-state index in [-0.39, 0.29) is 23.2 Å². The average molecular weight is 501 g/mol. The molecule has 0 aromatic heterocycles. The van der Waals surface area contributed by atoms with E-state index < -0.39 is 5.79 Å². The van der Waals surface area contributed by atoms with Gasteiger partial charge in [0.15, 0.2) is 5.79 Å². The van der Waals surface area contributed by atoms with Gasteiger partial charge in [-0.2, -0.15) is 0 Å². The largest absolute Gasteiger partial charge is 0.393 e. The summed E-state index contributed by atoms with van der Waals surface area (Å²) >= 11 is 0. The van der Waals surface area contributed by atoms with Gasteiger partial charge in [-0.1, -0.05) is 46.8 Å². The van der Waals surface area contributed by atoms with Crippen LogP contribution in [0, 0.1) is 45.3 Å². The molecular weight excluding hydrogens is 444 g/mol. The van der Waals surface area contributed by atoms with Gasteiger partial charge >= 0.3 is 0 Å². The highest BCUT2D eigenvalue weighted by Gasteiger charge is 2.68. The van der Waals surface area contributed by atoms with E-state index in [1.165, 1.54) is 50.5 Å². The maximum atomic E-state index is 10.9. The topological polar surface area (TPSA) is 38.7 Å². The Hall–Kier alpha value is -0.380. The van der Waals surface area contributed by atoms with Crippen LogP contribution in [0.5, 0.6) is 0 Å². The Morgan fingerprint density at radius 2 is 1.47 bits per heavy atom. The minimum Gasteiger partial charge on any atom is -0.393 e. The van der Waals surface area contributed by atoms with Crippen molar-refractivity contribution in [1.82, 2.24) is 0 Å². The number of allylic oxidation sites excluding steroid dienone is 1. The van der Waals surface area contributed by atoms with Gasteiger partial charge in [0.1, 0.15) is 0 Å². The quantitative estimate of drug-likeness (QED) is 0.395. The molecule has 36 heavy (non-hydrogen) atoms. The van der Waals surface area contributed by atoms with E-state index in [0.717, 1.165) is 31.1 Å². The first-order valence-electron chi connectivity index (χ1n) is 15.2. The number of hydrogen-bond acceptors (Lipinski definition) is 3. The fourth-order valence-electron chi connectivity index (χ4n) is 11.3. The number of aliphatic hydroxyl groups excluding tert-OH is 1. The van der Waals surface area contributed by atoms with Crippen molar-refractivity contribution in [2.45, 2.75) is 150 Å². The van der Waals surface area contributed by atoms with E-state index in [1.54, 1.807) is 0 Å². The van der Waals surface area contributed by atoms with Crippen LogP contribution in [0.3, 0.4) is 0 Å². The van der Waals surface area contributed by atoms with E-state index in [1.807, 2.05) is 13.8 Å². The van der Waals surface area contributed by atoms with Crippen molar-refractivity contribution in [3.8, 4) is 0 Å². The average Bonchev–Trinajstić information content (AvgIpc) is 3.21. The fraction of sp³-hybridized carbons (Fsp3) is 0.939. The summed E-state index contributed by atoms with van der Waals surface area (Å²) in [6.07, 6.45) is 12.2. The van der Waals surface area contributed by atoms with E-state index in [9.17, 15) is 5.11 Å². The molecule has 0 unspecified atom stereocenters. The van der Waals surface area contributed by atoms with Gasteiger partial charge in [-0.15, -0.1) is 0 Å². The molecule has 3 nitrogen and oxygen atoms in total. The van der Waals surface area contributed by atoms with Gasteiger partial charge in [-0.25, -0.2) is 0 Å². The van der Waals surface area contributed by atoms with Crippen LogP contribution in [0.2, 0.25) is 0 Å². The third-order valence-electron chi connectivity index (χ3n) is 13.3. The highest BCUT2D eigenvalue weighted by molar-refractivity contribution is 5.20. The zero-order valence-corrected chi connectivity index (χ0v) is 25.0. The first-order valence-corrected chi connectivity index (χ1v) is 15.2. The summed E-state index contributed by atoms with van der Waals surface area (Å²) < 4.78 is 12.5. The van der Waals surface area contributed by atoms with Crippen molar-refractivity contribution < 1.29 is 14.6 Å². The summed E-state index contributed by atoms with van der Waals surface area (Å²) in [5.41, 5.74) is 2.41. The number of fused-ring (bicyclic) bond motifs is 5. The second-order valence-electron chi connectivity index (χ2n) is 16.1. The van der Waals surface area contributed by atoms with Gasteiger partial charge < -0.3 is 14.6 Å². The van der Waals surface area contributed by atoms with E-state index in [0.29, 0.717) is 28.1 Å². The standard InChI is InChI=1S/C33H56O3/c1-21(11-14-27-29(4,5)36-30(6,7)35-27)22-15-19-32(9)23(22)12-13-25-31(8)18-17-26(34)28(2,3)24(31)16-20-33(25,32)10/h22-27,34H,1,11-20H2,2-10H3/t22-,23-,24+,25-,26+,27-,31+,32-,33-/m1/s1. The molecule has 9 atom stereocenters. The fourth-order valence-corrected chi connectivity index (χ4v) is 11.3. The Labute approximate surface area is 222 Å². The first-order chi connectivity index (χ1) is 16.5. The van der Waals surface area contributed by atoms with Gasteiger partial charge in [0, 0.05) is 0 Å². The van der Waals surface area contributed by atoms with Crippen LogP contribution in [0.25, 0.3) is 0 Å². The molecule has 5 fully saturated rings. The predicted octanol–water partition coefficient (Wildman–Crippen LogP) is 8.30. The number of rotatable bonds is 4. The summed E-state index contributed by atoms with van der Waals surface area (Å²) in [7, 11) is 0. The Morgan fingerprint density at radius 1 is 0.806 bits per heavy atom. The highest BCUT2D eigenvalue weighted by atomic mass is 16.8. The molecule has 206 valence electrons. The maximum Gasteiger partial charge on any atom is 0.164 e. The van der Waals surface area contributed by atoms with Gasteiger partial charge in [0.05, 0.1) is 17.8 Å². The molecule has 0 spiro atoms. The highest BCUT2D eigenvalue weighted by Crippen LogP contribution is 2.75. The van der Waals surface area contributed by atoms with Crippen LogP contribution in [-0.2, 0) is 9.47 Å². The van der Waals surface area contributed by atoms with Crippen LogP contribution in [0.15, 0.2) is 12.2 Å². The smallest absolute Gasteiger partial charge is 0.164 e. The molecule has 1 heterocycles. The van der Waals surface area contributed by atoms with Crippen molar-refractivity contribution in [1.29, 1.82) is 0 Å². The Kier molecular flexibility index (Phi) is 6.28. The molecule has 0 amide bonds. The molecule has 4 aliphatic carbocycles. The SMILES string of the molecule is C=C(CC[C@H]1OC(C)(C)OC1(C)C)[C@H]1CC[C@]2(C)[C@@H]1CC[C@@H]1[C@@]3(C)CC[C@H](O)C(C)(C)[C@@H]3CC[C@]12C. The maximum absolute atomic E-state index is 10.9. The minimum atomic E-state index is -0.493. The molecule has 0 aromatic rings. The molecule has 4 saturated carbocycles. The van der Waals surface area contributed by atoms with Crippen molar-refractivity contribution in [3.05, 3.63) is 12.2 Å². The van der Waals surface area contributed by atoms with Crippen LogP contribution in [0.1, 0.15) is 127 Å². The minimum absolute atomic E-state index is 0.0347. The Balaban J connectivity index is 1.32. The molecule has 3 heteroatoms. The summed E-state index contributed by atoms with van der Waals surface area (Å²) in [5, 5.41) is 10.9. The summed E-state index contributed by atoms with van der Waals surface area (Å²) in [5.74, 6) is 2.34. The van der Waals surface area contributed by atoms with Crippen LogP contribution in [-0.4, -0.2) is 28.7 Å². The van der Waals surface area contributed by atoms with Crippen molar-refractivity contribution in [3.63, 3.8) is 0 Å². The number of ether oxygens (including phenoxy) is 2. The van der Waals surface area contributed by atoms with E-state index in [2.05, 4.69) is 48.5 Å². The summed E-state index contributed by atoms with van der Waals surface area (Å²) in [4.78, 5) is 0. The second-order valence-corrected chi connectivity index (χ2v) is 16.1. The van der Waals surface area contributed by atoms with Crippen LogP contribution in [0.4, 0.5) is 0 Å². The molecule has 0 aromatic carbocycles. The van der Waals surface area contributed by atoms with Gasteiger partial charge in [0.25, 0.3) is 0 Å². The third-order valence-corrected chi connectivity index (χ3v) is 13.3. The third kappa shape index (κ3) is 3.75. The van der Waals surface area contributed by atoms with Crippen LogP contribution >= 0.6 is 0 Å². The lowest BCUT2D eigenvalue weighted by Gasteiger charge is -2.69. The van der Waals surface area contributed by atoms with E-state index in [4.69, 9.17) is 16.1 Å². The molecule has 1 aliphatic heterocycles. The van der Waals surface area contributed by atoms with Crippen molar-refractivity contribution >= 4 is 0 Å². The normalized spacial score (nSPS) is 50.7. The molecule has 0 bridgehead atoms. The first kappa shape index (κ1) is 27.2. The summed E-state index contributed by atoms with van der Waals surface area (Å²) in [6.45, 7) is 25.8. The molecule has 5 rings (SSSR count). The molecule has 5 aliphatic rings. The van der Waals surface area contributed by atoms with Crippen LogP contribution < -0.4 is 0 Å². The van der Waals surface area contributed by atoms with E-state index >= 15 is 0 Å². The van der Waals surface area contributed by atoms with Gasteiger partial charge in [0.2, 0.25) is 0 Å². The summed E-state index contributed by atoms with van der Waals surface area (Å²) in [6, 6.07) is 0. The van der Waals surface area contributed by atoms with Crippen molar-refractivity contribution in [2.75, 3.05) is 0 Å². The van der Waals surface area contributed by atoms with Gasteiger partial charge in [-0.3, -0.25) is 0 Å². The molecule has 1 N–H and O–H groups in total.